The van der Waals surface area contributed by atoms with Crippen molar-refractivity contribution in [1.82, 2.24) is 9.88 Å². The van der Waals surface area contributed by atoms with Crippen molar-refractivity contribution in [3.8, 4) is 0 Å². The number of hydrogen-bond acceptors (Lipinski definition) is 3. The third kappa shape index (κ3) is 3.15. The fraction of sp³-hybridized carbons (Fsp3) is 0.688. The molecule has 3 atom stereocenters. The SMILES string of the molecule is CC1CCC(CN)(N(C)Cc2ccncc2)CC1C. The van der Waals surface area contributed by atoms with Gasteiger partial charge in [-0.3, -0.25) is 9.88 Å². The standard InChI is InChI=1S/C16H27N3/c1-13-4-7-16(12-17,10-14(13)2)19(3)11-15-5-8-18-9-6-15/h5-6,8-9,13-14H,4,7,10-12,17H2,1-3H3. The summed E-state index contributed by atoms with van der Waals surface area (Å²) < 4.78 is 0. The Morgan fingerprint density at radius 3 is 2.58 bits per heavy atom. The largest absolute Gasteiger partial charge is 0.329 e. The Kier molecular flexibility index (Phi) is 4.58. The molecule has 106 valence electrons. The lowest BCUT2D eigenvalue weighted by atomic mass is 9.70. The van der Waals surface area contributed by atoms with E-state index in [0.717, 1.165) is 24.9 Å². The molecule has 3 unspecified atom stereocenters. The Hall–Kier alpha value is -0.930. The van der Waals surface area contributed by atoms with E-state index in [1.165, 1.54) is 24.8 Å². The van der Waals surface area contributed by atoms with E-state index >= 15 is 0 Å². The second-order valence-corrected chi connectivity index (χ2v) is 6.34. The molecule has 3 nitrogen and oxygen atoms in total. The van der Waals surface area contributed by atoms with Crippen LogP contribution in [0.2, 0.25) is 0 Å². The molecule has 1 heterocycles. The van der Waals surface area contributed by atoms with Gasteiger partial charge in [-0.25, -0.2) is 0 Å². The average molecular weight is 261 g/mol. The highest BCUT2D eigenvalue weighted by Gasteiger charge is 2.39. The minimum Gasteiger partial charge on any atom is -0.329 e. The van der Waals surface area contributed by atoms with Crippen LogP contribution in [0.4, 0.5) is 0 Å². The Morgan fingerprint density at radius 2 is 2.00 bits per heavy atom. The summed E-state index contributed by atoms with van der Waals surface area (Å²) in [6.45, 7) is 6.45. The molecule has 1 aliphatic rings. The first kappa shape index (κ1) is 14.5. The van der Waals surface area contributed by atoms with Gasteiger partial charge in [0.1, 0.15) is 0 Å². The highest BCUT2D eigenvalue weighted by molar-refractivity contribution is 5.10. The van der Waals surface area contributed by atoms with Gasteiger partial charge in [-0.15, -0.1) is 0 Å². The molecule has 2 N–H and O–H groups in total. The van der Waals surface area contributed by atoms with Crippen LogP contribution in [0, 0.1) is 11.8 Å². The smallest absolute Gasteiger partial charge is 0.0334 e. The summed E-state index contributed by atoms with van der Waals surface area (Å²) in [4.78, 5) is 6.54. The van der Waals surface area contributed by atoms with E-state index in [9.17, 15) is 0 Å². The lowest BCUT2D eigenvalue weighted by molar-refractivity contribution is 0.0349. The number of hydrogen-bond donors (Lipinski definition) is 1. The molecular weight excluding hydrogens is 234 g/mol. The normalized spacial score (nSPS) is 31.6. The first-order valence-electron chi connectivity index (χ1n) is 7.37. The molecule has 1 aromatic heterocycles. The molecule has 1 aliphatic carbocycles. The maximum atomic E-state index is 6.15. The fourth-order valence-corrected chi connectivity index (χ4v) is 3.30. The van der Waals surface area contributed by atoms with Gasteiger partial charge in [0.25, 0.3) is 0 Å². The Labute approximate surface area is 117 Å². The van der Waals surface area contributed by atoms with E-state index in [2.05, 4.69) is 42.9 Å². The summed E-state index contributed by atoms with van der Waals surface area (Å²) in [5.74, 6) is 1.59. The van der Waals surface area contributed by atoms with Crippen molar-refractivity contribution in [1.29, 1.82) is 0 Å². The number of aromatic nitrogens is 1. The van der Waals surface area contributed by atoms with Crippen molar-refractivity contribution >= 4 is 0 Å². The number of pyridine rings is 1. The Balaban J connectivity index is 2.08. The highest BCUT2D eigenvalue weighted by atomic mass is 15.2. The van der Waals surface area contributed by atoms with Crippen LogP contribution in [-0.2, 0) is 6.54 Å². The van der Waals surface area contributed by atoms with Gasteiger partial charge in [0.15, 0.2) is 0 Å². The molecule has 0 amide bonds. The van der Waals surface area contributed by atoms with Gasteiger partial charge in [0, 0.05) is 31.0 Å². The van der Waals surface area contributed by atoms with E-state index in [4.69, 9.17) is 5.73 Å². The van der Waals surface area contributed by atoms with E-state index in [-0.39, 0.29) is 5.54 Å². The van der Waals surface area contributed by atoms with E-state index < -0.39 is 0 Å². The molecular formula is C16H27N3. The second kappa shape index (κ2) is 6.02. The van der Waals surface area contributed by atoms with Crippen LogP contribution in [0.3, 0.4) is 0 Å². The van der Waals surface area contributed by atoms with E-state index in [1.54, 1.807) is 0 Å². The average Bonchev–Trinajstić information content (AvgIpc) is 2.43. The first-order chi connectivity index (χ1) is 9.07. The van der Waals surface area contributed by atoms with Crippen LogP contribution in [0.5, 0.6) is 0 Å². The molecule has 3 heteroatoms. The number of likely N-dealkylation sites (N-methyl/N-ethyl adjacent to an activating group) is 1. The molecule has 0 spiro atoms. The molecule has 1 saturated carbocycles. The van der Waals surface area contributed by atoms with Gasteiger partial charge >= 0.3 is 0 Å². The summed E-state index contributed by atoms with van der Waals surface area (Å²) in [6, 6.07) is 4.19. The van der Waals surface area contributed by atoms with Crippen molar-refractivity contribution in [3.63, 3.8) is 0 Å². The van der Waals surface area contributed by atoms with Crippen molar-refractivity contribution in [2.24, 2.45) is 17.6 Å². The predicted octanol–water partition coefficient (Wildman–Crippen LogP) is 2.67. The molecule has 2 rings (SSSR count). The van der Waals surface area contributed by atoms with Crippen molar-refractivity contribution in [3.05, 3.63) is 30.1 Å². The number of nitrogens with zero attached hydrogens (tertiary/aromatic N) is 2. The van der Waals surface area contributed by atoms with Gasteiger partial charge in [-0.1, -0.05) is 13.8 Å². The summed E-state index contributed by atoms with van der Waals surface area (Å²) in [6.07, 6.45) is 7.45. The van der Waals surface area contributed by atoms with Crippen LogP contribution in [0.15, 0.2) is 24.5 Å². The van der Waals surface area contributed by atoms with Crippen LogP contribution < -0.4 is 5.73 Å². The Morgan fingerprint density at radius 1 is 1.32 bits per heavy atom. The Bertz CT molecular complexity index is 392. The molecule has 19 heavy (non-hydrogen) atoms. The summed E-state index contributed by atoms with van der Waals surface area (Å²) in [7, 11) is 2.22. The zero-order valence-corrected chi connectivity index (χ0v) is 12.5. The summed E-state index contributed by atoms with van der Waals surface area (Å²) >= 11 is 0. The van der Waals surface area contributed by atoms with Gasteiger partial charge < -0.3 is 5.73 Å². The van der Waals surface area contributed by atoms with Crippen LogP contribution in [0.1, 0.15) is 38.7 Å². The van der Waals surface area contributed by atoms with E-state index in [1.807, 2.05) is 12.4 Å². The molecule has 0 aromatic carbocycles. The topological polar surface area (TPSA) is 42.1 Å². The van der Waals surface area contributed by atoms with Gasteiger partial charge in [-0.05, 0) is 55.8 Å². The molecule has 1 fully saturated rings. The minimum atomic E-state index is 0.176. The summed E-state index contributed by atoms with van der Waals surface area (Å²) in [5.41, 5.74) is 7.64. The van der Waals surface area contributed by atoms with Gasteiger partial charge in [0.05, 0.1) is 0 Å². The van der Waals surface area contributed by atoms with Crippen LogP contribution in [-0.4, -0.2) is 29.0 Å². The molecule has 0 bridgehead atoms. The van der Waals surface area contributed by atoms with Crippen molar-refractivity contribution < 1.29 is 0 Å². The molecule has 1 aromatic rings. The van der Waals surface area contributed by atoms with Crippen molar-refractivity contribution in [2.45, 2.75) is 45.2 Å². The first-order valence-corrected chi connectivity index (χ1v) is 7.37. The maximum absolute atomic E-state index is 6.15. The number of nitrogens with two attached hydrogens (primary N) is 1. The van der Waals surface area contributed by atoms with Gasteiger partial charge in [-0.2, -0.15) is 0 Å². The fourth-order valence-electron chi connectivity index (χ4n) is 3.30. The van der Waals surface area contributed by atoms with Gasteiger partial charge in [0.2, 0.25) is 0 Å². The molecule has 0 radical (unpaired) electrons. The third-order valence-corrected chi connectivity index (χ3v) is 5.10. The summed E-state index contributed by atoms with van der Waals surface area (Å²) in [5, 5.41) is 0. The van der Waals surface area contributed by atoms with Crippen LogP contribution >= 0.6 is 0 Å². The highest BCUT2D eigenvalue weighted by Crippen LogP contribution is 2.39. The minimum absolute atomic E-state index is 0.176. The quantitative estimate of drug-likeness (QED) is 0.906. The number of rotatable bonds is 4. The lowest BCUT2D eigenvalue weighted by Crippen LogP contribution is -2.55. The predicted molar refractivity (Wildman–Crippen MR) is 79.7 cm³/mol. The van der Waals surface area contributed by atoms with Crippen LogP contribution in [0.25, 0.3) is 0 Å². The maximum Gasteiger partial charge on any atom is 0.0334 e. The van der Waals surface area contributed by atoms with Crippen molar-refractivity contribution in [2.75, 3.05) is 13.6 Å². The lowest BCUT2D eigenvalue weighted by Gasteiger charge is -2.48. The molecule has 0 aliphatic heterocycles. The van der Waals surface area contributed by atoms with E-state index in [0.29, 0.717) is 0 Å². The zero-order valence-electron chi connectivity index (χ0n) is 12.5. The zero-order chi connectivity index (χ0) is 13.9. The second-order valence-electron chi connectivity index (χ2n) is 6.34. The monoisotopic (exact) mass is 261 g/mol. The third-order valence-electron chi connectivity index (χ3n) is 5.10. The molecule has 0 saturated heterocycles.